The Bertz CT molecular complexity index is 223. The van der Waals surface area contributed by atoms with Crippen molar-refractivity contribution in [3.63, 3.8) is 0 Å². The van der Waals surface area contributed by atoms with Gasteiger partial charge in [0.2, 0.25) is 0 Å². The molecule has 1 aliphatic rings. The fourth-order valence-electron chi connectivity index (χ4n) is 3.15. The zero-order chi connectivity index (χ0) is 12.4. The number of hydrogen-bond acceptors (Lipinski definition) is 2. The summed E-state index contributed by atoms with van der Waals surface area (Å²) in [4.78, 5) is 0. The standard InChI is InChI=1S/C14H29NO/c1-6-7-14(5,16)10-15-12-9-13(3,4)8-11(12)2/h11-12,15-16H,6-10H2,1-5H3. The lowest BCUT2D eigenvalue weighted by Crippen LogP contribution is -2.43. The van der Waals surface area contributed by atoms with Crippen LogP contribution in [0.15, 0.2) is 0 Å². The number of hydrogen-bond donors (Lipinski definition) is 2. The molecule has 1 saturated carbocycles. The third kappa shape index (κ3) is 4.06. The summed E-state index contributed by atoms with van der Waals surface area (Å²) < 4.78 is 0. The molecule has 3 unspecified atom stereocenters. The van der Waals surface area contributed by atoms with Crippen LogP contribution < -0.4 is 5.32 Å². The van der Waals surface area contributed by atoms with Crippen LogP contribution in [0.3, 0.4) is 0 Å². The molecule has 0 aliphatic heterocycles. The molecule has 0 saturated heterocycles. The van der Waals surface area contributed by atoms with Gasteiger partial charge in [-0.2, -0.15) is 0 Å². The fourth-order valence-corrected chi connectivity index (χ4v) is 3.15. The third-order valence-corrected chi connectivity index (χ3v) is 3.87. The van der Waals surface area contributed by atoms with Crippen LogP contribution >= 0.6 is 0 Å². The van der Waals surface area contributed by atoms with E-state index in [-0.39, 0.29) is 0 Å². The van der Waals surface area contributed by atoms with Gasteiger partial charge in [0.1, 0.15) is 0 Å². The Hall–Kier alpha value is -0.0800. The van der Waals surface area contributed by atoms with Gasteiger partial charge in [-0.25, -0.2) is 0 Å². The summed E-state index contributed by atoms with van der Waals surface area (Å²) in [6, 6.07) is 0.582. The number of nitrogens with one attached hydrogen (secondary N) is 1. The summed E-state index contributed by atoms with van der Waals surface area (Å²) in [5.74, 6) is 0.729. The van der Waals surface area contributed by atoms with Gasteiger partial charge in [0.25, 0.3) is 0 Å². The van der Waals surface area contributed by atoms with Crippen molar-refractivity contribution in [3.05, 3.63) is 0 Å². The molecule has 0 amide bonds. The molecule has 1 aliphatic carbocycles. The van der Waals surface area contributed by atoms with Crippen LogP contribution in [0.4, 0.5) is 0 Å². The van der Waals surface area contributed by atoms with Gasteiger partial charge >= 0.3 is 0 Å². The highest BCUT2D eigenvalue weighted by molar-refractivity contribution is 4.92. The number of aliphatic hydroxyl groups is 1. The molecular weight excluding hydrogens is 198 g/mol. The molecular formula is C14H29NO. The summed E-state index contributed by atoms with van der Waals surface area (Å²) in [6.45, 7) is 11.8. The monoisotopic (exact) mass is 227 g/mol. The lowest BCUT2D eigenvalue weighted by molar-refractivity contribution is 0.0458. The van der Waals surface area contributed by atoms with Gasteiger partial charge in [0.15, 0.2) is 0 Å². The van der Waals surface area contributed by atoms with Crippen LogP contribution in [0.1, 0.15) is 60.3 Å². The second kappa shape index (κ2) is 5.05. The van der Waals surface area contributed by atoms with Crippen molar-refractivity contribution in [1.29, 1.82) is 0 Å². The second-order valence-corrected chi connectivity index (χ2v) is 6.78. The first-order chi connectivity index (χ1) is 7.26. The van der Waals surface area contributed by atoms with Gasteiger partial charge < -0.3 is 10.4 Å². The summed E-state index contributed by atoms with van der Waals surface area (Å²) in [5, 5.41) is 13.7. The van der Waals surface area contributed by atoms with E-state index in [2.05, 4.69) is 33.0 Å². The molecule has 3 atom stereocenters. The molecule has 0 bridgehead atoms. The Morgan fingerprint density at radius 1 is 1.38 bits per heavy atom. The highest BCUT2D eigenvalue weighted by atomic mass is 16.3. The van der Waals surface area contributed by atoms with Crippen LogP contribution in [0.5, 0.6) is 0 Å². The van der Waals surface area contributed by atoms with E-state index in [4.69, 9.17) is 0 Å². The maximum atomic E-state index is 10.1. The first kappa shape index (κ1) is 14.0. The second-order valence-electron chi connectivity index (χ2n) is 6.78. The van der Waals surface area contributed by atoms with E-state index in [0.717, 1.165) is 25.3 Å². The fraction of sp³-hybridized carbons (Fsp3) is 1.00. The summed E-state index contributed by atoms with van der Waals surface area (Å²) >= 11 is 0. The first-order valence-electron chi connectivity index (χ1n) is 6.71. The van der Waals surface area contributed by atoms with Crippen molar-refractivity contribution in [3.8, 4) is 0 Å². The molecule has 1 rings (SSSR count). The highest BCUT2D eigenvalue weighted by Gasteiger charge is 2.37. The molecule has 0 heterocycles. The van der Waals surface area contributed by atoms with Gasteiger partial charge in [-0.1, -0.05) is 34.1 Å². The van der Waals surface area contributed by atoms with E-state index in [1.54, 1.807) is 0 Å². The molecule has 96 valence electrons. The van der Waals surface area contributed by atoms with Gasteiger partial charge in [0, 0.05) is 12.6 Å². The highest BCUT2D eigenvalue weighted by Crippen LogP contribution is 2.40. The maximum Gasteiger partial charge on any atom is 0.0743 e. The van der Waals surface area contributed by atoms with Gasteiger partial charge in [-0.15, -0.1) is 0 Å². The predicted molar refractivity (Wildman–Crippen MR) is 69.5 cm³/mol. The Morgan fingerprint density at radius 2 is 2.00 bits per heavy atom. The molecule has 1 fully saturated rings. The minimum absolute atomic E-state index is 0.466. The van der Waals surface area contributed by atoms with Crippen LogP contribution in [0.25, 0.3) is 0 Å². The molecule has 16 heavy (non-hydrogen) atoms. The molecule has 2 N–H and O–H groups in total. The van der Waals surface area contributed by atoms with Crippen molar-refractivity contribution in [2.24, 2.45) is 11.3 Å². The molecule has 0 aromatic rings. The van der Waals surface area contributed by atoms with Crippen LogP contribution in [-0.4, -0.2) is 23.3 Å². The van der Waals surface area contributed by atoms with Crippen LogP contribution in [0, 0.1) is 11.3 Å². The summed E-state index contributed by atoms with van der Waals surface area (Å²) in [6.07, 6.45) is 4.45. The largest absolute Gasteiger partial charge is 0.389 e. The lowest BCUT2D eigenvalue weighted by Gasteiger charge is -2.27. The SMILES string of the molecule is CCCC(C)(O)CNC1CC(C)(C)CC1C. The maximum absolute atomic E-state index is 10.1. The minimum Gasteiger partial charge on any atom is -0.389 e. The van der Waals surface area contributed by atoms with Crippen molar-refractivity contribution < 1.29 is 5.11 Å². The molecule has 2 heteroatoms. The predicted octanol–water partition coefficient (Wildman–Crippen LogP) is 2.95. The van der Waals surface area contributed by atoms with Gasteiger partial charge in [-0.05, 0) is 37.5 Å². The minimum atomic E-state index is -0.540. The zero-order valence-electron chi connectivity index (χ0n) is 11.6. The molecule has 2 nitrogen and oxygen atoms in total. The van der Waals surface area contributed by atoms with E-state index in [9.17, 15) is 5.11 Å². The zero-order valence-corrected chi connectivity index (χ0v) is 11.6. The number of rotatable bonds is 5. The van der Waals surface area contributed by atoms with Gasteiger partial charge in [0.05, 0.1) is 5.60 Å². The first-order valence-corrected chi connectivity index (χ1v) is 6.71. The van der Waals surface area contributed by atoms with Gasteiger partial charge in [-0.3, -0.25) is 0 Å². The third-order valence-electron chi connectivity index (χ3n) is 3.87. The summed E-state index contributed by atoms with van der Waals surface area (Å²) in [5.41, 5.74) is -0.0745. The average Bonchev–Trinajstić information content (AvgIpc) is 2.36. The normalized spacial score (nSPS) is 32.6. The van der Waals surface area contributed by atoms with E-state index in [1.165, 1.54) is 12.8 Å². The van der Waals surface area contributed by atoms with E-state index in [0.29, 0.717) is 11.5 Å². The van der Waals surface area contributed by atoms with Crippen molar-refractivity contribution in [2.45, 2.75) is 71.9 Å². The molecule has 0 aromatic carbocycles. The Labute approximate surface area is 101 Å². The van der Waals surface area contributed by atoms with E-state index in [1.807, 2.05) is 6.92 Å². The topological polar surface area (TPSA) is 32.3 Å². The Balaban J connectivity index is 2.39. The quantitative estimate of drug-likeness (QED) is 0.757. The Kier molecular flexibility index (Phi) is 4.42. The van der Waals surface area contributed by atoms with E-state index >= 15 is 0 Å². The summed E-state index contributed by atoms with van der Waals surface area (Å²) in [7, 11) is 0. The molecule has 0 aromatic heterocycles. The molecule has 0 radical (unpaired) electrons. The van der Waals surface area contributed by atoms with Crippen molar-refractivity contribution in [2.75, 3.05) is 6.54 Å². The smallest absolute Gasteiger partial charge is 0.0743 e. The molecule has 0 spiro atoms. The average molecular weight is 227 g/mol. The van der Waals surface area contributed by atoms with Crippen molar-refractivity contribution in [1.82, 2.24) is 5.32 Å². The van der Waals surface area contributed by atoms with E-state index < -0.39 is 5.60 Å². The van der Waals surface area contributed by atoms with Crippen LogP contribution in [-0.2, 0) is 0 Å². The van der Waals surface area contributed by atoms with Crippen molar-refractivity contribution >= 4 is 0 Å². The Morgan fingerprint density at radius 3 is 2.44 bits per heavy atom. The lowest BCUT2D eigenvalue weighted by atomic mass is 9.91. The van der Waals surface area contributed by atoms with Crippen LogP contribution in [0.2, 0.25) is 0 Å².